The molecule has 4 heteroatoms. The van der Waals surface area contributed by atoms with Gasteiger partial charge in [0, 0.05) is 5.02 Å². The van der Waals surface area contributed by atoms with E-state index in [0.29, 0.717) is 11.6 Å². The van der Waals surface area contributed by atoms with Crippen LogP contribution in [0.4, 0.5) is 0 Å². The van der Waals surface area contributed by atoms with E-state index in [1.54, 1.807) is 19.1 Å². The highest BCUT2D eigenvalue weighted by Crippen LogP contribution is 2.23. The Kier molecular flexibility index (Phi) is 5.29. The lowest BCUT2D eigenvalue weighted by Crippen LogP contribution is -2.19. The van der Waals surface area contributed by atoms with Crippen LogP contribution in [-0.2, 0) is 9.53 Å². The Hall–Kier alpha value is -1.22. The Labute approximate surface area is 107 Å². The standard InChI is InChI=1S/C13H17ClO3/c1-4-16-13(15)8-10(3)17-12-6-5-11(14)7-9(12)2/h5-7,10H,4,8H2,1-3H3. The highest BCUT2D eigenvalue weighted by Gasteiger charge is 2.12. The zero-order valence-electron chi connectivity index (χ0n) is 10.3. The largest absolute Gasteiger partial charge is 0.490 e. The van der Waals surface area contributed by atoms with Crippen LogP contribution >= 0.6 is 11.6 Å². The molecule has 1 rings (SSSR count). The molecule has 1 atom stereocenters. The number of esters is 1. The van der Waals surface area contributed by atoms with Crippen molar-refractivity contribution in [3.8, 4) is 5.75 Å². The van der Waals surface area contributed by atoms with E-state index in [0.717, 1.165) is 11.3 Å². The first-order valence-electron chi connectivity index (χ1n) is 5.61. The summed E-state index contributed by atoms with van der Waals surface area (Å²) in [6.07, 6.45) is 0.0320. The van der Waals surface area contributed by atoms with Gasteiger partial charge in [-0.1, -0.05) is 11.6 Å². The number of hydrogen-bond donors (Lipinski definition) is 0. The second-order valence-corrected chi connectivity index (χ2v) is 4.28. The lowest BCUT2D eigenvalue weighted by atomic mass is 10.2. The molecule has 0 spiro atoms. The van der Waals surface area contributed by atoms with E-state index in [-0.39, 0.29) is 18.5 Å². The Bertz CT molecular complexity index is 390. The van der Waals surface area contributed by atoms with Crippen LogP contribution in [0, 0.1) is 6.92 Å². The molecule has 0 saturated carbocycles. The van der Waals surface area contributed by atoms with Gasteiger partial charge in [-0.15, -0.1) is 0 Å². The van der Waals surface area contributed by atoms with E-state index in [9.17, 15) is 4.79 Å². The predicted octanol–water partition coefficient (Wildman–Crippen LogP) is 3.37. The maximum Gasteiger partial charge on any atom is 0.309 e. The summed E-state index contributed by atoms with van der Waals surface area (Å²) in [7, 11) is 0. The quantitative estimate of drug-likeness (QED) is 0.758. The summed E-state index contributed by atoms with van der Waals surface area (Å²) in [6, 6.07) is 5.40. The van der Waals surface area contributed by atoms with Crippen molar-refractivity contribution in [1.82, 2.24) is 0 Å². The van der Waals surface area contributed by atoms with Crippen molar-refractivity contribution in [2.75, 3.05) is 6.61 Å². The number of carbonyl (C=O) groups excluding carboxylic acids is 1. The molecule has 0 aliphatic carbocycles. The van der Waals surface area contributed by atoms with E-state index >= 15 is 0 Å². The molecule has 1 aromatic carbocycles. The number of aryl methyl sites for hydroxylation is 1. The van der Waals surface area contributed by atoms with Crippen LogP contribution in [0.5, 0.6) is 5.75 Å². The Morgan fingerprint density at radius 1 is 1.47 bits per heavy atom. The van der Waals surface area contributed by atoms with Crippen molar-refractivity contribution in [2.24, 2.45) is 0 Å². The van der Waals surface area contributed by atoms with Gasteiger partial charge in [-0.2, -0.15) is 0 Å². The van der Waals surface area contributed by atoms with Gasteiger partial charge in [0.1, 0.15) is 11.9 Å². The van der Waals surface area contributed by atoms with Crippen molar-refractivity contribution in [3.63, 3.8) is 0 Å². The van der Waals surface area contributed by atoms with Crippen molar-refractivity contribution < 1.29 is 14.3 Å². The summed E-state index contributed by atoms with van der Waals surface area (Å²) in [4.78, 5) is 11.3. The van der Waals surface area contributed by atoms with Crippen LogP contribution in [0.2, 0.25) is 5.02 Å². The Balaban J connectivity index is 2.55. The third-order valence-electron chi connectivity index (χ3n) is 2.22. The Morgan fingerprint density at radius 2 is 2.18 bits per heavy atom. The fourth-order valence-corrected chi connectivity index (χ4v) is 1.68. The SMILES string of the molecule is CCOC(=O)CC(C)Oc1ccc(Cl)cc1C. The molecule has 1 unspecified atom stereocenters. The molecule has 0 radical (unpaired) electrons. The average molecular weight is 257 g/mol. The van der Waals surface area contributed by atoms with Gasteiger partial charge in [0.2, 0.25) is 0 Å². The third-order valence-corrected chi connectivity index (χ3v) is 2.46. The van der Waals surface area contributed by atoms with Crippen LogP contribution < -0.4 is 4.74 Å². The maximum atomic E-state index is 11.3. The zero-order valence-corrected chi connectivity index (χ0v) is 11.1. The van der Waals surface area contributed by atoms with Gasteiger partial charge in [-0.05, 0) is 44.5 Å². The molecule has 0 saturated heterocycles. The van der Waals surface area contributed by atoms with Crippen molar-refractivity contribution in [3.05, 3.63) is 28.8 Å². The minimum Gasteiger partial charge on any atom is -0.490 e. The second-order valence-electron chi connectivity index (χ2n) is 3.85. The molecule has 0 aliphatic heterocycles. The van der Waals surface area contributed by atoms with Gasteiger partial charge in [0.15, 0.2) is 0 Å². The van der Waals surface area contributed by atoms with Crippen LogP contribution in [-0.4, -0.2) is 18.7 Å². The lowest BCUT2D eigenvalue weighted by molar-refractivity contribution is -0.144. The van der Waals surface area contributed by atoms with E-state index in [2.05, 4.69) is 0 Å². The number of benzene rings is 1. The molecule has 0 amide bonds. The lowest BCUT2D eigenvalue weighted by Gasteiger charge is -2.15. The van der Waals surface area contributed by atoms with Crippen molar-refractivity contribution in [2.45, 2.75) is 33.3 Å². The van der Waals surface area contributed by atoms with Gasteiger partial charge < -0.3 is 9.47 Å². The molecule has 94 valence electrons. The van der Waals surface area contributed by atoms with Gasteiger partial charge in [-0.3, -0.25) is 4.79 Å². The molecule has 0 bridgehead atoms. The zero-order chi connectivity index (χ0) is 12.8. The third kappa shape index (κ3) is 4.65. The Morgan fingerprint density at radius 3 is 2.76 bits per heavy atom. The maximum absolute atomic E-state index is 11.3. The number of ether oxygens (including phenoxy) is 2. The summed E-state index contributed by atoms with van der Waals surface area (Å²) < 4.78 is 10.5. The molecular formula is C13H17ClO3. The van der Waals surface area contributed by atoms with Gasteiger partial charge in [0.25, 0.3) is 0 Å². The highest BCUT2D eigenvalue weighted by molar-refractivity contribution is 6.30. The molecule has 0 N–H and O–H groups in total. The second kappa shape index (κ2) is 6.50. The summed E-state index contributed by atoms with van der Waals surface area (Å²) in [6.45, 7) is 5.93. The molecular weight excluding hydrogens is 240 g/mol. The van der Waals surface area contributed by atoms with Crippen LogP contribution in [0.1, 0.15) is 25.8 Å². The number of rotatable bonds is 5. The first-order chi connectivity index (χ1) is 8.02. The minimum atomic E-state index is -0.244. The van der Waals surface area contributed by atoms with E-state index in [1.165, 1.54) is 0 Å². The molecule has 1 aromatic rings. The minimum absolute atomic E-state index is 0.214. The van der Waals surface area contributed by atoms with Crippen LogP contribution in [0.3, 0.4) is 0 Å². The van der Waals surface area contributed by atoms with E-state index in [1.807, 2.05) is 19.9 Å². The summed E-state index contributed by atoms with van der Waals surface area (Å²) in [5, 5.41) is 0.674. The smallest absolute Gasteiger partial charge is 0.309 e. The normalized spacial score (nSPS) is 12.0. The fourth-order valence-electron chi connectivity index (χ4n) is 1.46. The predicted molar refractivity (Wildman–Crippen MR) is 67.5 cm³/mol. The summed E-state index contributed by atoms with van der Waals surface area (Å²) in [5.74, 6) is 0.498. The number of halogens is 1. The van der Waals surface area contributed by atoms with Gasteiger partial charge in [-0.25, -0.2) is 0 Å². The molecule has 17 heavy (non-hydrogen) atoms. The van der Waals surface area contributed by atoms with Crippen molar-refractivity contribution in [1.29, 1.82) is 0 Å². The monoisotopic (exact) mass is 256 g/mol. The van der Waals surface area contributed by atoms with Crippen molar-refractivity contribution >= 4 is 17.6 Å². The first-order valence-corrected chi connectivity index (χ1v) is 5.99. The number of hydrogen-bond acceptors (Lipinski definition) is 3. The average Bonchev–Trinajstić information content (AvgIpc) is 2.22. The van der Waals surface area contributed by atoms with Crippen LogP contribution in [0.25, 0.3) is 0 Å². The van der Waals surface area contributed by atoms with Gasteiger partial charge in [0.05, 0.1) is 13.0 Å². The first kappa shape index (κ1) is 13.8. The summed E-state index contributed by atoms with van der Waals surface area (Å²) in [5.41, 5.74) is 0.952. The topological polar surface area (TPSA) is 35.5 Å². The highest BCUT2D eigenvalue weighted by atomic mass is 35.5. The molecule has 0 aromatic heterocycles. The number of carbonyl (C=O) groups is 1. The fraction of sp³-hybridized carbons (Fsp3) is 0.462. The molecule has 0 heterocycles. The van der Waals surface area contributed by atoms with E-state index < -0.39 is 0 Å². The summed E-state index contributed by atoms with van der Waals surface area (Å²) >= 11 is 5.85. The van der Waals surface area contributed by atoms with E-state index in [4.69, 9.17) is 21.1 Å². The molecule has 0 aliphatic rings. The molecule has 0 fully saturated rings. The molecule has 3 nitrogen and oxygen atoms in total. The van der Waals surface area contributed by atoms with Crippen LogP contribution in [0.15, 0.2) is 18.2 Å². The van der Waals surface area contributed by atoms with Gasteiger partial charge >= 0.3 is 5.97 Å².